The molecule has 1 aliphatic rings. The summed E-state index contributed by atoms with van der Waals surface area (Å²) in [5, 5.41) is 18.6. The van der Waals surface area contributed by atoms with Crippen LogP contribution in [-0.2, 0) is 10.3 Å². The van der Waals surface area contributed by atoms with Crippen molar-refractivity contribution in [2.75, 3.05) is 31.1 Å². The van der Waals surface area contributed by atoms with Gasteiger partial charge in [-0.3, -0.25) is 15.2 Å². The number of carboxylic acid groups (broad SMARTS) is 1. The highest BCUT2D eigenvalue weighted by Crippen LogP contribution is 2.38. The first-order chi connectivity index (χ1) is 14.9. The number of nitrogens with two attached hydrogens (primary N) is 1. The monoisotopic (exact) mass is 424 g/mol. The molecule has 1 heterocycles. The number of hydrogen-bond donors (Lipinski definition) is 3. The standard InChI is InChI=1S/C24H32N4O3/c1-3-24(22(29)30,28(23(25)26)20-9-5-4-6-10-20)19-15-18(2)16-21(17-19)31-14-13-27-11-7-8-12-27/h4-6,9-10,15-17H,3,7-8,11-14H2,1-2H3,(H3,25,26)(H,29,30). The molecule has 3 rings (SSSR count). The minimum Gasteiger partial charge on any atom is -0.492 e. The zero-order valence-electron chi connectivity index (χ0n) is 18.3. The van der Waals surface area contributed by atoms with Crippen LogP contribution < -0.4 is 15.4 Å². The molecule has 1 unspecified atom stereocenters. The van der Waals surface area contributed by atoms with Crippen LogP contribution in [-0.4, -0.2) is 48.2 Å². The summed E-state index contributed by atoms with van der Waals surface area (Å²) >= 11 is 0. The lowest BCUT2D eigenvalue weighted by Crippen LogP contribution is -2.57. The number of para-hydroxylation sites is 1. The summed E-state index contributed by atoms with van der Waals surface area (Å²) in [6, 6.07) is 14.5. The SMILES string of the molecule is CCC(C(=O)O)(c1cc(C)cc(OCCN2CCCC2)c1)N(C(=N)N)c1ccccc1. The highest BCUT2D eigenvalue weighted by Gasteiger charge is 2.46. The summed E-state index contributed by atoms with van der Waals surface area (Å²) in [5.74, 6) is -0.763. The number of benzene rings is 2. The van der Waals surface area contributed by atoms with Gasteiger partial charge in [0.1, 0.15) is 12.4 Å². The highest BCUT2D eigenvalue weighted by atomic mass is 16.5. The molecule has 1 fully saturated rings. The van der Waals surface area contributed by atoms with E-state index in [1.807, 2.05) is 25.1 Å². The molecule has 0 aliphatic carbocycles. The molecule has 31 heavy (non-hydrogen) atoms. The van der Waals surface area contributed by atoms with Gasteiger partial charge in [0.05, 0.1) is 0 Å². The van der Waals surface area contributed by atoms with Crippen molar-refractivity contribution in [3.63, 3.8) is 0 Å². The van der Waals surface area contributed by atoms with Crippen molar-refractivity contribution in [1.29, 1.82) is 5.41 Å². The van der Waals surface area contributed by atoms with Gasteiger partial charge in [0.25, 0.3) is 0 Å². The number of hydrogen-bond acceptors (Lipinski definition) is 4. The van der Waals surface area contributed by atoms with Crippen LogP contribution in [0.3, 0.4) is 0 Å². The molecule has 0 amide bonds. The maximum atomic E-state index is 12.7. The van der Waals surface area contributed by atoms with Gasteiger partial charge in [-0.1, -0.05) is 31.2 Å². The van der Waals surface area contributed by atoms with Gasteiger partial charge in [0, 0.05) is 12.2 Å². The zero-order valence-corrected chi connectivity index (χ0v) is 18.3. The van der Waals surface area contributed by atoms with Gasteiger partial charge in [-0.15, -0.1) is 0 Å². The summed E-state index contributed by atoms with van der Waals surface area (Å²) in [6.07, 6.45) is 2.67. The Bertz CT molecular complexity index is 912. The third kappa shape index (κ3) is 4.82. The quantitative estimate of drug-likeness (QED) is 0.420. The van der Waals surface area contributed by atoms with Crippen LogP contribution in [0.25, 0.3) is 0 Å². The van der Waals surface area contributed by atoms with Crippen molar-refractivity contribution in [2.24, 2.45) is 5.73 Å². The van der Waals surface area contributed by atoms with E-state index in [0.29, 0.717) is 23.6 Å². The molecule has 2 aromatic carbocycles. The van der Waals surface area contributed by atoms with Crippen LogP contribution in [0.5, 0.6) is 5.75 Å². The first-order valence-corrected chi connectivity index (χ1v) is 10.8. The third-order valence-electron chi connectivity index (χ3n) is 5.91. The molecule has 7 heteroatoms. The minimum absolute atomic E-state index is 0.216. The number of rotatable bonds is 9. The number of anilines is 1. The highest BCUT2D eigenvalue weighted by molar-refractivity contribution is 6.01. The second kappa shape index (κ2) is 9.83. The maximum absolute atomic E-state index is 12.7. The number of nitrogens with one attached hydrogen (secondary N) is 1. The van der Waals surface area contributed by atoms with E-state index in [2.05, 4.69) is 4.90 Å². The molecule has 2 aromatic rings. The Balaban J connectivity index is 1.98. The maximum Gasteiger partial charge on any atom is 0.334 e. The van der Waals surface area contributed by atoms with Gasteiger partial charge < -0.3 is 15.6 Å². The molecule has 7 nitrogen and oxygen atoms in total. The molecular formula is C24H32N4O3. The molecule has 1 atom stereocenters. The fourth-order valence-corrected chi connectivity index (χ4v) is 4.37. The van der Waals surface area contributed by atoms with Crippen molar-refractivity contribution >= 4 is 17.6 Å². The Kier molecular flexibility index (Phi) is 7.17. The number of carbonyl (C=O) groups is 1. The lowest BCUT2D eigenvalue weighted by Gasteiger charge is -2.41. The minimum atomic E-state index is -1.54. The van der Waals surface area contributed by atoms with Gasteiger partial charge in [0.15, 0.2) is 11.5 Å². The Morgan fingerprint density at radius 3 is 2.48 bits per heavy atom. The summed E-state index contributed by atoms with van der Waals surface area (Å²) in [6.45, 7) is 7.31. The molecule has 166 valence electrons. The molecule has 0 bridgehead atoms. The predicted molar refractivity (Wildman–Crippen MR) is 123 cm³/mol. The van der Waals surface area contributed by atoms with Crippen molar-refractivity contribution in [3.05, 3.63) is 59.7 Å². The number of guanidine groups is 1. The molecule has 1 saturated heterocycles. The van der Waals surface area contributed by atoms with E-state index >= 15 is 0 Å². The molecule has 4 N–H and O–H groups in total. The first kappa shape index (κ1) is 22.6. The second-order valence-corrected chi connectivity index (χ2v) is 8.01. The van der Waals surface area contributed by atoms with Crippen LogP contribution in [0.15, 0.2) is 48.5 Å². The molecule has 0 radical (unpaired) electrons. The van der Waals surface area contributed by atoms with Crippen LogP contribution in [0.1, 0.15) is 37.3 Å². The van der Waals surface area contributed by atoms with Crippen LogP contribution in [0.2, 0.25) is 0 Å². The molecular weight excluding hydrogens is 392 g/mol. The second-order valence-electron chi connectivity index (χ2n) is 8.01. The first-order valence-electron chi connectivity index (χ1n) is 10.8. The molecule has 0 aromatic heterocycles. The number of ether oxygens (including phenoxy) is 1. The Morgan fingerprint density at radius 2 is 1.90 bits per heavy atom. The fourth-order valence-electron chi connectivity index (χ4n) is 4.37. The van der Waals surface area contributed by atoms with Gasteiger partial charge in [-0.25, -0.2) is 4.79 Å². The van der Waals surface area contributed by atoms with Gasteiger partial charge >= 0.3 is 5.97 Å². The van der Waals surface area contributed by atoms with Gasteiger partial charge in [0.2, 0.25) is 0 Å². The van der Waals surface area contributed by atoms with E-state index < -0.39 is 11.5 Å². The summed E-state index contributed by atoms with van der Waals surface area (Å²) in [4.78, 5) is 16.5. The van der Waals surface area contributed by atoms with E-state index in [1.54, 1.807) is 37.3 Å². The van der Waals surface area contributed by atoms with Crippen LogP contribution in [0.4, 0.5) is 5.69 Å². The molecule has 1 aliphatic heterocycles. The number of likely N-dealkylation sites (tertiary alicyclic amines) is 1. The predicted octanol–water partition coefficient (Wildman–Crippen LogP) is 3.56. The summed E-state index contributed by atoms with van der Waals surface area (Å²) in [5.41, 5.74) is 6.39. The van der Waals surface area contributed by atoms with Crippen LogP contribution in [0, 0.1) is 12.3 Å². The van der Waals surface area contributed by atoms with E-state index in [4.69, 9.17) is 15.9 Å². The average Bonchev–Trinajstić information content (AvgIpc) is 3.25. The van der Waals surface area contributed by atoms with E-state index in [-0.39, 0.29) is 12.4 Å². The third-order valence-corrected chi connectivity index (χ3v) is 5.91. The Labute approximate surface area is 183 Å². The largest absolute Gasteiger partial charge is 0.492 e. The van der Waals surface area contributed by atoms with Crippen molar-refractivity contribution in [3.8, 4) is 5.75 Å². The average molecular weight is 425 g/mol. The number of aryl methyl sites for hydroxylation is 1. The number of nitrogens with zero attached hydrogens (tertiary/aromatic N) is 2. The lowest BCUT2D eigenvalue weighted by molar-refractivity contribution is -0.143. The lowest BCUT2D eigenvalue weighted by atomic mass is 9.84. The van der Waals surface area contributed by atoms with Crippen molar-refractivity contribution < 1.29 is 14.6 Å². The molecule has 0 saturated carbocycles. The van der Waals surface area contributed by atoms with Crippen molar-refractivity contribution in [2.45, 2.75) is 38.6 Å². The van der Waals surface area contributed by atoms with E-state index in [9.17, 15) is 9.90 Å². The number of aliphatic carboxylic acids is 1. The van der Waals surface area contributed by atoms with E-state index in [1.165, 1.54) is 17.7 Å². The van der Waals surface area contributed by atoms with Crippen molar-refractivity contribution in [1.82, 2.24) is 4.90 Å². The van der Waals surface area contributed by atoms with Gasteiger partial charge in [-0.05, 0) is 74.7 Å². The Hall–Kier alpha value is -3.06. The normalized spacial score (nSPS) is 15.9. The zero-order chi connectivity index (χ0) is 22.4. The smallest absolute Gasteiger partial charge is 0.334 e. The topological polar surface area (TPSA) is 103 Å². The summed E-state index contributed by atoms with van der Waals surface area (Å²) in [7, 11) is 0. The van der Waals surface area contributed by atoms with Gasteiger partial charge in [-0.2, -0.15) is 0 Å². The Morgan fingerprint density at radius 1 is 1.23 bits per heavy atom. The fraction of sp³-hybridized carbons (Fsp3) is 0.417. The summed E-state index contributed by atoms with van der Waals surface area (Å²) < 4.78 is 6.02. The number of carboxylic acids is 1. The molecule has 0 spiro atoms. The van der Waals surface area contributed by atoms with Crippen LogP contribution >= 0.6 is 0 Å². The van der Waals surface area contributed by atoms with E-state index in [0.717, 1.165) is 25.2 Å².